The number of aromatic nitrogens is 1. The highest BCUT2D eigenvalue weighted by Gasteiger charge is 2.23. The first kappa shape index (κ1) is 13.0. The lowest BCUT2D eigenvalue weighted by Crippen LogP contribution is -2.10. The topological polar surface area (TPSA) is 94.6 Å². The van der Waals surface area contributed by atoms with E-state index in [1.54, 1.807) is 13.0 Å². The molecule has 7 heteroatoms. The van der Waals surface area contributed by atoms with Crippen molar-refractivity contribution >= 4 is 22.6 Å². The van der Waals surface area contributed by atoms with Crippen molar-refractivity contribution in [2.45, 2.75) is 13.7 Å². The van der Waals surface area contributed by atoms with Gasteiger partial charge in [0, 0.05) is 18.6 Å². The third-order valence-electron chi connectivity index (χ3n) is 2.93. The summed E-state index contributed by atoms with van der Waals surface area (Å²) in [5.74, 6) is -1.15. The molecule has 0 aliphatic rings. The number of hydrogen-bond donors (Lipinski definition) is 1. The van der Waals surface area contributed by atoms with Crippen molar-refractivity contribution in [3.63, 3.8) is 0 Å². The lowest BCUT2D eigenvalue weighted by atomic mass is 10.1. The lowest BCUT2D eigenvalue weighted by molar-refractivity contribution is -0.383. The van der Waals surface area contributed by atoms with Crippen LogP contribution in [-0.2, 0) is 11.5 Å². The molecule has 0 unspecified atom stereocenters. The van der Waals surface area contributed by atoms with Gasteiger partial charge in [-0.2, -0.15) is 0 Å². The highest BCUT2D eigenvalue weighted by Crippen LogP contribution is 2.31. The minimum Gasteiger partial charge on any atom is -0.477 e. The SMILES string of the molecule is COCn1c(C(=O)O)cc2c(C)ccc([N+](=O)[O-])c21. The van der Waals surface area contributed by atoms with E-state index in [1.165, 1.54) is 23.8 Å². The minimum absolute atomic E-state index is 0.0331. The normalized spacial score (nSPS) is 10.8. The minimum atomic E-state index is -1.15. The quantitative estimate of drug-likeness (QED) is 0.674. The molecule has 0 saturated heterocycles. The average molecular weight is 264 g/mol. The van der Waals surface area contributed by atoms with Crippen LogP contribution in [0.25, 0.3) is 10.9 Å². The van der Waals surface area contributed by atoms with E-state index >= 15 is 0 Å². The number of fused-ring (bicyclic) bond motifs is 1. The molecule has 2 aromatic rings. The molecule has 1 heterocycles. The van der Waals surface area contributed by atoms with E-state index in [2.05, 4.69) is 0 Å². The Morgan fingerprint density at radius 2 is 2.21 bits per heavy atom. The molecule has 7 nitrogen and oxygen atoms in total. The van der Waals surface area contributed by atoms with Crippen molar-refractivity contribution in [2.75, 3.05) is 7.11 Å². The number of benzene rings is 1. The van der Waals surface area contributed by atoms with Crippen molar-refractivity contribution in [1.82, 2.24) is 4.57 Å². The molecule has 1 aromatic carbocycles. The van der Waals surface area contributed by atoms with Gasteiger partial charge in [0.2, 0.25) is 0 Å². The van der Waals surface area contributed by atoms with Gasteiger partial charge in [0.15, 0.2) is 0 Å². The van der Waals surface area contributed by atoms with Crippen LogP contribution in [0.4, 0.5) is 5.69 Å². The number of carbonyl (C=O) groups is 1. The summed E-state index contributed by atoms with van der Waals surface area (Å²) in [7, 11) is 1.40. The fraction of sp³-hybridized carbons (Fsp3) is 0.250. The van der Waals surface area contributed by atoms with Crippen molar-refractivity contribution in [3.8, 4) is 0 Å². The molecule has 0 radical (unpaired) electrons. The standard InChI is InChI=1S/C12H12N2O5/c1-7-3-4-9(14(17)18)11-8(7)5-10(12(15)16)13(11)6-19-2/h3-5H,6H2,1-2H3,(H,15,16). The van der Waals surface area contributed by atoms with Gasteiger partial charge in [-0.3, -0.25) is 10.1 Å². The number of methoxy groups -OCH3 is 1. The van der Waals surface area contributed by atoms with Crippen LogP contribution < -0.4 is 0 Å². The number of nitrogens with zero attached hydrogens (tertiary/aromatic N) is 2. The van der Waals surface area contributed by atoms with E-state index in [1.807, 2.05) is 0 Å². The van der Waals surface area contributed by atoms with E-state index in [9.17, 15) is 14.9 Å². The summed E-state index contributed by atoms with van der Waals surface area (Å²) >= 11 is 0. The molecular weight excluding hydrogens is 252 g/mol. The maximum atomic E-state index is 11.2. The van der Waals surface area contributed by atoms with E-state index < -0.39 is 10.9 Å². The first-order valence-electron chi connectivity index (χ1n) is 5.46. The van der Waals surface area contributed by atoms with Crippen molar-refractivity contribution in [1.29, 1.82) is 0 Å². The van der Waals surface area contributed by atoms with Crippen LogP contribution in [0.15, 0.2) is 18.2 Å². The molecule has 0 aliphatic carbocycles. The van der Waals surface area contributed by atoms with Gasteiger partial charge >= 0.3 is 5.97 Å². The number of aromatic carboxylic acids is 1. The Balaban J connectivity index is 2.91. The molecule has 1 aromatic heterocycles. The molecule has 0 spiro atoms. The molecular formula is C12H12N2O5. The summed E-state index contributed by atoms with van der Waals surface area (Å²) in [6.45, 7) is 1.71. The lowest BCUT2D eigenvalue weighted by Gasteiger charge is -2.07. The highest BCUT2D eigenvalue weighted by atomic mass is 16.6. The van der Waals surface area contributed by atoms with Crippen LogP contribution in [0.3, 0.4) is 0 Å². The molecule has 0 aliphatic heterocycles. The Morgan fingerprint density at radius 3 is 2.74 bits per heavy atom. The maximum absolute atomic E-state index is 11.2. The van der Waals surface area contributed by atoms with Gasteiger partial charge in [-0.1, -0.05) is 6.07 Å². The third kappa shape index (κ3) is 2.04. The van der Waals surface area contributed by atoms with Gasteiger partial charge in [0.05, 0.1) is 4.92 Å². The van der Waals surface area contributed by atoms with Crippen molar-refractivity contribution < 1.29 is 19.6 Å². The summed E-state index contributed by atoms with van der Waals surface area (Å²) in [5.41, 5.74) is 0.876. The Hall–Kier alpha value is -2.41. The first-order chi connectivity index (χ1) is 8.97. The predicted molar refractivity (Wildman–Crippen MR) is 67.3 cm³/mol. The Morgan fingerprint density at radius 1 is 1.53 bits per heavy atom. The number of rotatable bonds is 4. The van der Waals surface area contributed by atoms with Crippen LogP contribution in [0, 0.1) is 17.0 Å². The van der Waals surface area contributed by atoms with Crippen LogP contribution in [0.5, 0.6) is 0 Å². The van der Waals surface area contributed by atoms with Crippen molar-refractivity contribution in [2.24, 2.45) is 0 Å². The maximum Gasteiger partial charge on any atom is 0.352 e. The van der Waals surface area contributed by atoms with Gasteiger partial charge in [-0.15, -0.1) is 0 Å². The third-order valence-corrected chi connectivity index (χ3v) is 2.93. The Labute approximate surface area is 108 Å². The molecule has 0 saturated carbocycles. The Kier molecular flexibility index (Phi) is 3.22. The molecule has 100 valence electrons. The summed E-state index contributed by atoms with van der Waals surface area (Å²) in [4.78, 5) is 21.8. The molecule has 0 amide bonds. The Bertz CT molecular complexity index is 674. The number of carboxylic acid groups (broad SMARTS) is 1. The number of nitro benzene ring substituents is 1. The zero-order valence-electron chi connectivity index (χ0n) is 10.4. The van der Waals surface area contributed by atoms with E-state index in [-0.39, 0.29) is 23.6 Å². The van der Waals surface area contributed by atoms with Crippen LogP contribution in [0.1, 0.15) is 16.1 Å². The second-order valence-corrected chi connectivity index (χ2v) is 4.10. The second-order valence-electron chi connectivity index (χ2n) is 4.10. The summed E-state index contributed by atoms with van der Waals surface area (Å²) in [6.07, 6.45) is 0. The molecule has 1 N–H and O–H groups in total. The van der Waals surface area contributed by atoms with Gasteiger partial charge in [0.1, 0.15) is 17.9 Å². The number of hydrogen-bond acceptors (Lipinski definition) is 4. The van der Waals surface area contributed by atoms with Gasteiger partial charge in [0.25, 0.3) is 5.69 Å². The summed E-state index contributed by atoms with van der Waals surface area (Å²) in [6, 6.07) is 4.40. The molecule has 0 fully saturated rings. The summed E-state index contributed by atoms with van der Waals surface area (Å²) in [5, 5.41) is 20.8. The zero-order chi connectivity index (χ0) is 14.2. The fourth-order valence-corrected chi connectivity index (χ4v) is 2.09. The second kappa shape index (κ2) is 4.69. The van der Waals surface area contributed by atoms with Gasteiger partial charge in [-0.05, 0) is 18.6 Å². The van der Waals surface area contributed by atoms with E-state index in [0.29, 0.717) is 5.39 Å². The smallest absolute Gasteiger partial charge is 0.352 e. The molecule has 2 rings (SSSR count). The number of non-ortho nitro benzene ring substituents is 1. The summed E-state index contributed by atoms with van der Waals surface area (Å²) < 4.78 is 6.23. The number of nitro groups is 1. The monoisotopic (exact) mass is 264 g/mol. The average Bonchev–Trinajstić information content (AvgIpc) is 2.71. The van der Waals surface area contributed by atoms with Crippen LogP contribution >= 0.6 is 0 Å². The van der Waals surface area contributed by atoms with Gasteiger partial charge < -0.3 is 14.4 Å². The van der Waals surface area contributed by atoms with Crippen LogP contribution in [-0.4, -0.2) is 27.7 Å². The molecule has 0 atom stereocenters. The van der Waals surface area contributed by atoms with Crippen molar-refractivity contribution in [3.05, 3.63) is 39.6 Å². The first-order valence-corrected chi connectivity index (χ1v) is 5.46. The van der Waals surface area contributed by atoms with E-state index in [4.69, 9.17) is 9.84 Å². The zero-order valence-corrected chi connectivity index (χ0v) is 10.4. The largest absolute Gasteiger partial charge is 0.477 e. The number of aryl methyl sites for hydroxylation is 1. The predicted octanol–water partition coefficient (Wildman–Crippen LogP) is 2.16. The number of ether oxygens (including phenoxy) is 1. The van der Waals surface area contributed by atoms with Gasteiger partial charge in [-0.25, -0.2) is 4.79 Å². The number of carboxylic acids is 1. The van der Waals surface area contributed by atoms with Crippen LogP contribution in [0.2, 0.25) is 0 Å². The fourth-order valence-electron chi connectivity index (χ4n) is 2.09. The molecule has 0 bridgehead atoms. The van der Waals surface area contributed by atoms with E-state index in [0.717, 1.165) is 5.56 Å². The molecule has 19 heavy (non-hydrogen) atoms. The highest BCUT2D eigenvalue weighted by molar-refractivity contribution is 5.99.